The van der Waals surface area contributed by atoms with Crippen LogP contribution in [-0.2, 0) is 0 Å². The molecule has 2 nitrogen and oxygen atoms in total. The van der Waals surface area contributed by atoms with E-state index in [0.29, 0.717) is 6.61 Å². The highest BCUT2D eigenvalue weighted by Crippen LogP contribution is 2.15. The van der Waals surface area contributed by atoms with Gasteiger partial charge in [0.1, 0.15) is 11.5 Å². The van der Waals surface area contributed by atoms with E-state index < -0.39 is 0 Å². The van der Waals surface area contributed by atoms with Crippen LogP contribution in [0.5, 0.6) is 11.5 Å². The van der Waals surface area contributed by atoms with E-state index in [0.717, 1.165) is 16.9 Å². The normalized spacial score (nSPS) is 10.7. The van der Waals surface area contributed by atoms with Gasteiger partial charge in [-0.25, -0.2) is 0 Å². The SMILES string of the molecule is CCOc1ccc(/C=C/c2ccc(O)cc2)cc1. The molecule has 0 heterocycles. The summed E-state index contributed by atoms with van der Waals surface area (Å²) in [7, 11) is 0. The number of rotatable bonds is 4. The highest BCUT2D eigenvalue weighted by atomic mass is 16.5. The zero-order chi connectivity index (χ0) is 12.8. The third kappa shape index (κ3) is 3.39. The highest BCUT2D eigenvalue weighted by molar-refractivity contribution is 5.70. The molecule has 0 unspecified atom stereocenters. The molecule has 18 heavy (non-hydrogen) atoms. The molecular weight excluding hydrogens is 224 g/mol. The van der Waals surface area contributed by atoms with Crippen LogP contribution in [-0.4, -0.2) is 11.7 Å². The molecule has 92 valence electrons. The Hall–Kier alpha value is -2.22. The molecule has 0 saturated carbocycles. The standard InChI is InChI=1S/C16H16O2/c1-2-18-16-11-7-14(8-12-16)4-3-13-5-9-15(17)10-6-13/h3-12,17H,2H2,1H3/b4-3+. The van der Waals surface area contributed by atoms with E-state index in [2.05, 4.69) is 0 Å². The van der Waals surface area contributed by atoms with Crippen molar-refractivity contribution >= 4 is 12.2 Å². The second-order valence-corrected chi connectivity index (χ2v) is 3.93. The Balaban J connectivity index is 2.06. The monoisotopic (exact) mass is 240 g/mol. The molecule has 0 aliphatic heterocycles. The van der Waals surface area contributed by atoms with Crippen LogP contribution in [0.2, 0.25) is 0 Å². The lowest BCUT2D eigenvalue weighted by Gasteiger charge is -2.02. The van der Waals surface area contributed by atoms with Crippen molar-refractivity contribution in [3.63, 3.8) is 0 Å². The fourth-order valence-electron chi connectivity index (χ4n) is 1.62. The fourth-order valence-corrected chi connectivity index (χ4v) is 1.62. The molecule has 0 amide bonds. The largest absolute Gasteiger partial charge is 0.508 e. The van der Waals surface area contributed by atoms with E-state index in [1.54, 1.807) is 12.1 Å². The lowest BCUT2D eigenvalue weighted by molar-refractivity contribution is 0.340. The molecule has 0 fully saturated rings. The summed E-state index contributed by atoms with van der Waals surface area (Å²) in [6, 6.07) is 15.1. The maximum atomic E-state index is 9.18. The van der Waals surface area contributed by atoms with Crippen molar-refractivity contribution in [3.8, 4) is 11.5 Å². The van der Waals surface area contributed by atoms with Gasteiger partial charge in [0.25, 0.3) is 0 Å². The van der Waals surface area contributed by atoms with Gasteiger partial charge in [-0.15, -0.1) is 0 Å². The molecule has 0 aliphatic rings. The lowest BCUT2D eigenvalue weighted by Crippen LogP contribution is -1.90. The van der Waals surface area contributed by atoms with Gasteiger partial charge in [-0.1, -0.05) is 36.4 Å². The Morgan fingerprint density at radius 1 is 0.889 bits per heavy atom. The second-order valence-electron chi connectivity index (χ2n) is 3.93. The Kier molecular flexibility index (Phi) is 4.02. The molecule has 0 atom stereocenters. The van der Waals surface area contributed by atoms with Crippen LogP contribution in [0.4, 0.5) is 0 Å². The highest BCUT2D eigenvalue weighted by Gasteiger charge is 1.92. The van der Waals surface area contributed by atoms with Crippen LogP contribution in [0.15, 0.2) is 48.5 Å². The van der Waals surface area contributed by atoms with Crippen molar-refractivity contribution in [1.29, 1.82) is 0 Å². The van der Waals surface area contributed by atoms with Gasteiger partial charge in [0, 0.05) is 0 Å². The van der Waals surface area contributed by atoms with Crippen LogP contribution in [0.25, 0.3) is 12.2 Å². The summed E-state index contributed by atoms with van der Waals surface area (Å²) in [5.41, 5.74) is 2.17. The minimum Gasteiger partial charge on any atom is -0.508 e. The minimum atomic E-state index is 0.285. The first-order valence-corrected chi connectivity index (χ1v) is 5.98. The van der Waals surface area contributed by atoms with Crippen LogP contribution in [0.3, 0.4) is 0 Å². The van der Waals surface area contributed by atoms with Gasteiger partial charge in [-0.2, -0.15) is 0 Å². The van der Waals surface area contributed by atoms with Crippen LogP contribution in [0, 0.1) is 0 Å². The van der Waals surface area contributed by atoms with Gasteiger partial charge >= 0.3 is 0 Å². The molecule has 1 N–H and O–H groups in total. The number of phenolic OH excluding ortho intramolecular Hbond substituents is 1. The predicted octanol–water partition coefficient (Wildman–Crippen LogP) is 3.96. The predicted molar refractivity (Wildman–Crippen MR) is 74.6 cm³/mol. The molecule has 0 aliphatic carbocycles. The lowest BCUT2D eigenvalue weighted by atomic mass is 10.1. The number of hydrogen-bond donors (Lipinski definition) is 1. The van der Waals surface area contributed by atoms with E-state index in [-0.39, 0.29) is 5.75 Å². The molecule has 0 saturated heterocycles. The van der Waals surface area contributed by atoms with Crippen LogP contribution >= 0.6 is 0 Å². The summed E-state index contributed by atoms with van der Waals surface area (Å²) in [6.45, 7) is 2.65. The molecule has 0 bridgehead atoms. The molecule has 2 aromatic rings. The number of hydrogen-bond acceptors (Lipinski definition) is 2. The summed E-state index contributed by atoms with van der Waals surface area (Å²) >= 11 is 0. The van der Waals surface area contributed by atoms with Crippen molar-refractivity contribution in [2.75, 3.05) is 6.61 Å². The number of phenols is 1. The van der Waals surface area contributed by atoms with Gasteiger partial charge in [-0.05, 0) is 42.3 Å². The third-order valence-electron chi connectivity index (χ3n) is 2.55. The Labute approximate surface area is 107 Å². The first-order chi connectivity index (χ1) is 8.78. The Morgan fingerprint density at radius 2 is 1.39 bits per heavy atom. The van der Waals surface area contributed by atoms with Crippen LogP contribution < -0.4 is 4.74 Å². The van der Waals surface area contributed by atoms with Crippen molar-refractivity contribution in [2.45, 2.75) is 6.92 Å². The summed E-state index contributed by atoms with van der Waals surface area (Å²) in [4.78, 5) is 0. The van der Waals surface area contributed by atoms with E-state index >= 15 is 0 Å². The summed E-state index contributed by atoms with van der Waals surface area (Å²) in [6.07, 6.45) is 4.04. The molecule has 0 radical (unpaired) electrons. The smallest absolute Gasteiger partial charge is 0.119 e. The molecular formula is C16H16O2. The van der Waals surface area contributed by atoms with Gasteiger partial charge in [0.15, 0.2) is 0 Å². The Bertz CT molecular complexity index is 510. The van der Waals surface area contributed by atoms with Gasteiger partial charge in [-0.3, -0.25) is 0 Å². The molecule has 2 rings (SSSR count). The van der Waals surface area contributed by atoms with Crippen molar-refractivity contribution in [3.05, 3.63) is 59.7 Å². The van der Waals surface area contributed by atoms with E-state index in [1.807, 2.05) is 55.5 Å². The number of benzene rings is 2. The quantitative estimate of drug-likeness (QED) is 0.820. The first-order valence-electron chi connectivity index (χ1n) is 5.98. The number of aromatic hydroxyl groups is 1. The number of ether oxygens (including phenoxy) is 1. The fraction of sp³-hybridized carbons (Fsp3) is 0.125. The molecule has 2 heteroatoms. The topological polar surface area (TPSA) is 29.5 Å². The van der Waals surface area contributed by atoms with Gasteiger partial charge in [0.05, 0.1) is 6.61 Å². The van der Waals surface area contributed by atoms with Gasteiger partial charge in [0.2, 0.25) is 0 Å². The van der Waals surface area contributed by atoms with E-state index in [9.17, 15) is 5.11 Å². The summed E-state index contributed by atoms with van der Waals surface area (Å²) in [5.74, 6) is 1.17. The maximum absolute atomic E-state index is 9.18. The zero-order valence-electron chi connectivity index (χ0n) is 10.3. The van der Waals surface area contributed by atoms with Crippen molar-refractivity contribution in [2.24, 2.45) is 0 Å². The summed E-state index contributed by atoms with van der Waals surface area (Å²) < 4.78 is 5.38. The maximum Gasteiger partial charge on any atom is 0.119 e. The minimum absolute atomic E-state index is 0.285. The van der Waals surface area contributed by atoms with E-state index in [1.165, 1.54) is 0 Å². The molecule has 0 aromatic heterocycles. The summed E-state index contributed by atoms with van der Waals surface area (Å²) in [5, 5.41) is 9.18. The first kappa shape index (κ1) is 12.2. The third-order valence-corrected chi connectivity index (χ3v) is 2.55. The van der Waals surface area contributed by atoms with Crippen LogP contribution in [0.1, 0.15) is 18.1 Å². The van der Waals surface area contributed by atoms with Gasteiger partial charge < -0.3 is 9.84 Å². The average Bonchev–Trinajstić information content (AvgIpc) is 2.40. The Morgan fingerprint density at radius 3 is 1.89 bits per heavy atom. The average molecular weight is 240 g/mol. The molecule has 0 spiro atoms. The van der Waals surface area contributed by atoms with Crippen molar-refractivity contribution in [1.82, 2.24) is 0 Å². The molecule has 2 aromatic carbocycles. The van der Waals surface area contributed by atoms with Crippen molar-refractivity contribution < 1.29 is 9.84 Å². The zero-order valence-corrected chi connectivity index (χ0v) is 10.3. The second kappa shape index (κ2) is 5.92. The van der Waals surface area contributed by atoms with E-state index in [4.69, 9.17) is 4.74 Å².